The van der Waals surface area contributed by atoms with Crippen LogP contribution < -0.4 is 4.90 Å². The number of nitrogens with one attached hydrogen (secondary N) is 1. The number of hydrogen-bond donors (Lipinski definition) is 1. The molecule has 0 amide bonds. The van der Waals surface area contributed by atoms with Crippen molar-refractivity contribution in [2.45, 2.75) is 77.3 Å². The summed E-state index contributed by atoms with van der Waals surface area (Å²) in [4.78, 5) is 22.1. The molecular weight excluding hydrogens is 456 g/mol. The second kappa shape index (κ2) is 8.74. The Balaban J connectivity index is 1.40. The molecule has 2 unspecified atom stereocenters. The minimum atomic E-state index is -0.297. The third-order valence-corrected chi connectivity index (χ3v) is 9.70. The number of piperazine rings is 1. The number of ketones is 1. The van der Waals surface area contributed by atoms with E-state index < -0.39 is 0 Å². The normalized spacial score (nSPS) is 24.7. The van der Waals surface area contributed by atoms with Crippen LogP contribution >= 0.6 is 0 Å². The van der Waals surface area contributed by atoms with E-state index in [0.29, 0.717) is 18.1 Å². The predicted molar refractivity (Wildman–Crippen MR) is 149 cm³/mol. The van der Waals surface area contributed by atoms with Gasteiger partial charge in [0.1, 0.15) is 6.07 Å². The molecule has 3 aliphatic rings. The number of carbonyl (C=O) groups is 1. The molecule has 5 heteroatoms. The fourth-order valence-corrected chi connectivity index (χ4v) is 7.70. The van der Waals surface area contributed by atoms with Gasteiger partial charge in [-0.2, -0.15) is 5.26 Å². The molecule has 37 heavy (non-hydrogen) atoms. The Hall–Kier alpha value is -3.10. The fraction of sp³-hybridized carbons (Fsp3) is 0.500. The zero-order valence-electron chi connectivity index (χ0n) is 22.7. The molecule has 1 N–H and O–H groups in total. The van der Waals surface area contributed by atoms with Gasteiger partial charge in [0.05, 0.1) is 22.3 Å². The maximum absolute atomic E-state index is 13.3. The zero-order valence-corrected chi connectivity index (χ0v) is 22.7. The van der Waals surface area contributed by atoms with Crippen LogP contribution in [-0.4, -0.2) is 46.4 Å². The summed E-state index contributed by atoms with van der Waals surface area (Å²) < 4.78 is 0. The van der Waals surface area contributed by atoms with Gasteiger partial charge in [0.15, 0.2) is 5.78 Å². The number of aromatic amines is 1. The van der Waals surface area contributed by atoms with E-state index in [1.54, 1.807) is 0 Å². The Bertz CT molecular complexity index is 1420. The van der Waals surface area contributed by atoms with Crippen LogP contribution in [-0.2, 0) is 17.6 Å². The van der Waals surface area contributed by atoms with E-state index in [1.165, 1.54) is 27.8 Å². The average molecular weight is 495 g/mol. The summed E-state index contributed by atoms with van der Waals surface area (Å²) in [6, 6.07) is 15.4. The molecule has 1 aliphatic heterocycles. The molecule has 1 saturated carbocycles. The topological polar surface area (TPSA) is 63.1 Å². The van der Waals surface area contributed by atoms with Crippen LogP contribution in [0.15, 0.2) is 36.4 Å². The first-order valence-corrected chi connectivity index (χ1v) is 14.0. The van der Waals surface area contributed by atoms with Gasteiger partial charge < -0.3 is 9.88 Å². The van der Waals surface area contributed by atoms with Gasteiger partial charge in [-0.1, -0.05) is 50.6 Å². The van der Waals surface area contributed by atoms with E-state index in [1.807, 2.05) is 13.0 Å². The van der Waals surface area contributed by atoms with Crippen LogP contribution in [0.2, 0.25) is 0 Å². The monoisotopic (exact) mass is 494 g/mol. The van der Waals surface area contributed by atoms with Gasteiger partial charge in [-0.25, -0.2) is 0 Å². The highest BCUT2D eigenvalue weighted by molar-refractivity contribution is 5.98. The van der Waals surface area contributed by atoms with Crippen LogP contribution in [0, 0.1) is 17.2 Å². The molecule has 2 fully saturated rings. The number of benzene rings is 2. The minimum Gasteiger partial charge on any atom is -0.361 e. The van der Waals surface area contributed by atoms with Crippen LogP contribution in [0.25, 0.3) is 10.9 Å². The number of Topliss-reactive ketones (excluding diaryl/α,β-unsaturated/α-hetero) is 1. The zero-order chi connectivity index (χ0) is 25.9. The predicted octanol–water partition coefficient (Wildman–Crippen LogP) is 5.97. The first-order valence-electron chi connectivity index (χ1n) is 14.0. The van der Waals surface area contributed by atoms with E-state index in [4.69, 9.17) is 0 Å². The maximum atomic E-state index is 13.3. The molecule has 2 aromatic carbocycles. The number of H-pyrrole nitrogens is 1. The highest BCUT2D eigenvalue weighted by Gasteiger charge is 2.56. The Morgan fingerprint density at radius 3 is 2.49 bits per heavy atom. The number of rotatable bonds is 5. The second-order valence-electron chi connectivity index (χ2n) is 11.9. The molecule has 2 aliphatic carbocycles. The molecule has 0 spiro atoms. The molecule has 5 nitrogen and oxygen atoms in total. The maximum Gasteiger partial charge on any atom is 0.153 e. The van der Waals surface area contributed by atoms with Crippen molar-refractivity contribution >= 4 is 22.4 Å². The number of carbonyl (C=O) groups excluding carboxylic acids is 1. The lowest BCUT2D eigenvalue weighted by Crippen LogP contribution is -2.72. The molecule has 2 heterocycles. The first kappa shape index (κ1) is 24.2. The number of nitrogens with zero attached hydrogens (tertiary/aromatic N) is 3. The third-order valence-electron chi connectivity index (χ3n) is 9.70. The number of fused-ring (bicyclic) bond motifs is 4. The van der Waals surface area contributed by atoms with Crippen molar-refractivity contribution in [3.63, 3.8) is 0 Å². The Morgan fingerprint density at radius 1 is 1.11 bits per heavy atom. The molecular formula is C32H38N4O. The van der Waals surface area contributed by atoms with Gasteiger partial charge >= 0.3 is 0 Å². The van der Waals surface area contributed by atoms with E-state index in [9.17, 15) is 10.1 Å². The fourth-order valence-electron chi connectivity index (χ4n) is 7.70. The molecule has 0 radical (unpaired) electrons. The summed E-state index contributed by atoms with van der Waals surface area (Å²) in [6.45, 7) is 11.3. The summed E-state index contributed by atoms with van der Waals surface area (Å²) >= 11 is 0. The molecule has 3 aromatic rings. The molecule has 2 atom stereocenters. The lowest BCUT2D eigenvalue weighted by molar-refractivity contribution is -0.147. The van der Waals surface area contributed by atoms with Crippen molar-refractivity contribution in [2.75, 3.05) is 24.5 Å². The van der Waals surface area contributed by atoms with Crippen LogP contribution in [0.1, 0.15) is 81.3 Å². The van der Waals surface area contributed by atoms with Gasteiger partial charge in [0.2, 0.25) is 0 Å². The third kappa shape index (κ3) is 3.49. The number of hydrogen-bond acceptors (Lipinski definition) is 4. The standard InChI is InChI=1S/C32H38N4O/c1-5-24-13-14-32(24,28(37)6-2)35-15-16-36(31(3,4)20-35)30-23(19-33)11-12-25-26-17-21-9-7-8-10-22(21)18-27(26)34-29(25)30/h7-12,24,34H,5-6,13-18,20H2,1-4H3. The molecule has 1 saturated heterocycles. The van der Waals surface area contributed by atoms with Gasteiger partial charge in [0.25, 0.3) is 0 Å². The quantitative estimate of drug-likeness (QED) is 0.371. The van der Waals surface area contributed by atoms with Crippen molar-refractivity contribution in [1.29, 1.82) is 5.26 Å². The lowest BCUT2D eigenvalue weighted by atomic mass is 9.61. The number of nitriles is 1. The Labute approximate surface area is 220 Å². The second-order valence-corrected chi connectivity index (χ2v) is 11.9. The van der Waals surface area contributed by atoms with E-state index in [0.717, 1.165) is 68.5 Å². The van der Waals surface area contributed by atoms with Crippen molar-refractivity contribution in [3.05, 3.63) is 64.3 Å². The van der Waals surface area contributed by atoms with Gasteiger partial charge in [-0.15, -0.1) is 0 Å². The number of aromatic nitrogens is 1. The van der Waals surface area contributed by atoms with Crippen molar-refractivity contribution in [3.8, 4) is 6.07 Å². The molecule has 6 rings (SSSR count). The first-order chi connectivity index (χ1) is 17.8. The van der Waals surface area contributed by atoms with Crippen molar-refractivity contribution in [1.82, 2.24) is 9.88 Å². The molecule has 0 bridgehead atoms. The van der Waals surface area contributed by atoms with Crippen LogP contribution in [0.3, 0.4) is 0 Å². The Morgan fingerprint density at radius 2 is 1.86 bits per heavy atom. The molecule has 192 valence electrons. The average Bonchev–Trinajstić information content (AvgIpc) is 3.23. The van der Waals surface area contributed by atoms with Crippen molar-refractivity contribution < 1.29 is 4.79 Å². The number of anilines is 1. The van der Waals surface area contributed by atoms with E-state index in [-0.39, 0.29) is 11.1 Å². The van der Waals surface area contributed by atoms with Crippen LogP contribution in [0.4, 0.5) is 5.69 Å². The summed E-state index contributed by atoms with van der Waals surface area (Å²) in [6.07, 6.45) is 5.62. The highest BCUT2D eigenvalue weighted by atomic mass is 16.1. The highest BCUT2D eigenvalue weighted by Crippen LogP contribution is 2.49. The van der Waals surface area contributed by atoms with Gasteiger partial charge in [-0.3, -0.25) is 9.69 Å². The summed E-state index contributed by atoms with van der Waals surface area (Å²) in [7, 11) is 0. The smallest absolute Gasteiger partial charge is 0.153 e. The lowest BCUT2D eigenvalue weighted by Gasteiger charge is -2.60. The van der Waals surface area contributed by atoms with Gasteiger partial charge in [0, 0.05) is 55.5 Å². The summed E-state index contributed by atoms with van der Waals surface area (Å²) in [5, 5.41) is 11.4. The largest absolute Gasteiger partial charge is 0.361 e. The summed E-state index contributed by atoms with van der Waals surface area (Å²) in [5.41, 5.74) is 7.74. The van der Waals surface area contributed by atoms with Crippen molar-refractivity contribution in [2.24, 2.45) is 5.92 Å². The van der Waals surface area contributed by atoms with E-state index in [2.05, 4.69) is 72.0 Å². The minimum absolute atomic E-state index is 0.221. The SMILES string of the molecule is CCC(=O)C1(N2CCN(c3c(C#N)ccc4c5c([nH]c34)Cc3ccccc3C5)C(C)(C)C2)CCC1CC. The van der Waals surface area contributed by atoms with E-state index >= 15 is 0 Å². The van der Waals surface area contributed by atoms with Gasteiger partial charge in [-0.05, 0) is 55.4 Å². The van der Waals surface area contributed by atoms with Crippen LogP contribution in [0.5, 0.6) is 0 Å². The summed E-state index contributed by atoms with van der Waals surface area (Å²) in [5.74, 6) is 0.864. The Kier molecular flexibility index (Phi) is 5.73. The molecule has 1 aromatic heterocycles.